The lowest BCUT2D eigenvalue weighted by molar-refractivity contribution is 0.0635. The van der Waals surface area contributed by atoms with Gasteiger partial charge in [-0.15, -0.1) is 0 Å². The van der Waals surface area contributed by atoms with Gasteiger partial charge < -0.3 is 0 Å². The molecule has 0 aromatic rings. The highest BCUT2D eigenvalue weighted by Gasteiger charge is 2.36. The highest BCUT2D eigenvalue weighted by molar-refractivity contribution is 4.86. The lowest BCUT2D eigenvalue weighted by Gasteiger charge is -2.44. The number of hydrogen-bond donors (Lipinski definition) is 0. The largest absolute Gasteiger partial charge is 0.0651 e. The Morgan fingerprint density at radius 1 is 1.25 bits per heavy atom. The standard InChI is InChI=1S/C12H24/c1-6-11-7-10(3)12(4,5)8-9(11)2/h9-11H,6-8H2,1-5H3. The molecule has 0 heteroatoms. The zero-order chi connectivity index (χ0) is 9.35. The normalized spacial score (nSPS) is 41.2. The average molecular weight is 168 g/mol. The van der Waals surface area contributed by atoms with Gasteiger partial charge in [0.05, 0.1) is 0 Å². The van der Waals surface area contributed by atoms with E-state index in [1.165, 1.54) is 19.3 Å². The second-order valence-corrected chi connectivity index (χ2v) is 5.48. The zero-order valence-corrected chi connectivity index (χ0v) is 9.35. The van der Waals surface area contributed by atoms with Gasteiger partial charge in [-0.25, -0.2) is 0 Å². The van der Waals surface area contributed by atoms with Crippen LogP contribution in [0.1, 0.15) is 53.9 Å². The summed E-state index contributed by atoms with van der Waals surface area (Å²) >= 11 is 0. The van der Waals surface area contributed by atoms with Crippen molar-refractivity contribution < 1.29 is 0 Å². The predicted molar refractivity (Wildman–Crippen MR) is 55.1 cm³/mol. The van der Waals surface area contributed by atoms with Crippen molar-refractivity contribution in [1.29, 1.82) is 0 Å². The van der Waals surface area contributed by atoms with Gasteiger partial charge in [0.25, 0.3) is 0 Å². The molecule has 72 valence electrons. The van der Waals surface area contributed by atoms with Crippen LogP contribution in [0.4, 0.5) is 0 Å². The van der Waals surface area contributed by atoms with Crippen molar-refractivity contribution in [3.05, 3.63) is 0 Å². The van der Waals surface area contributed by atoms with Crippen molar-refractivity contribution in [3.8, 4) is 0 Å². The molecule has 0 heterocycles. The summed E-state index contributed by atoms with van der Waals surface area (Å²) in [5.41, 5.74) is 0.588. The average Bonchev–Trinajstić information content (AvgIpc) is 1.96. The molecule has 12 heavy (non-hydrogen) atoms. The molecule has 3 atom stereocenters. The van der Waals surface area contributed by atoms with E-state index in [-0.39, 0.29) is 0 Å². The molecule has 0 nitrogen and oxygen atoms in total. The van der Waals surface area contributed by atoms with Gasteiger partial charge in [-0.1, -0.05) is 41.0 Å². The number of hydrogen-bond acceptors (Lipinski definition) is 0. The molecule has 1 fully saturated rings. The monoisotopic (exact) mass is 168 g/mol. The fraction of sp³-hybridized carbons (Fsp3) is 1.00. The molecule has 1 saturated carbocycles. The van der Waals surface area contributed by atoms with Crippen LogP contribution in [0.5, 0.6) is 0 Å². The molecule has 0 N–H and O–H groups in total. The van der Waals surface area contributed by atoms with Crippen LogP contribution in [0.2, 0.25) is 0 Å². The minimum Gasteiger partial charge on any atom is -0.0651 e. The maximum Gasteiger partial charge on any atom is -0.0326 e. The Bertz CT molecular complexity index is 146. The Morgan fingerprint density at radius 2 is 1.83 bits per heavy atom. The third-order valence-corrected chi connectivity index (χ3v) is 4.17. The van der Waals surface area contributed by atoms with E-state index in [0.29, 0.717) is 5.41 Å². The van der Waals surface area contributed by atoms with Crippen LogP contribution in [0.15, 0.2) is 0 Å². The zero-order valence-electron chi connectivity index (χ0n) is 9.35. The highest BCUT2D eigenvalue weighted by Crippen LogP contribution is 2.46. The smallest absolute Gasteiger partial charge is 0.0326 e. The minimum absolute atomic E-state index is 0.588. The maximum absolute atomic E-state index is 2.43. The van der Waals surface area contributed by atoms with E-state index in [1.807, 2.05) is 0 Å². The molecule has 0 bridgehead atoms. The summed E-state index contributed by atoms with van der Waals surface area (Å²) in [5, 5.41) is 0. The summed E-state index contributed by atoms with van der Waals surface area (Å²) in [7, 11) is 0. The summed E-state index contributed by atoms with van der Waals surface area (Å²) in [4.78, 5) is 0. The molecule has 0 aromatic heterocycles. The van der Waals surface area contributed by atoms with Gasteiger partial charge in [-0.2, -0.15) is 0 Å². The fourth-order valence-electron chi connectivity index (χ4n) is 2.77. The van der Waals surface area contributed by atoms with E-state index >= 15 is 0 Å². The molecule has 0 spiro atoms. The Morgan fingerprint density at radius 3 is 2.33 bits per heavy atom. The molecule has 3 unspecified atom stereocenters. The summed E-state index contributed by atoms with van der Waals surface area (Å²) < 4.78 is 0. The molecule has 1 aliphatic carbocycles. The molecule has 1 rings (SSSR count). The van der Waals surface area contributed by atoms with Crippen molar-refractivity contribution in [2.45, 2.75) is 53.9 Å². The van der Waals surface area contributed by atoms with E-state index in [9.17, 15) is 0 Å². The van der Waals surface area contributed by atoms with Crippen molar-refractivity contribution in [1.82, 2.24) is 0 Å². The van der Waals surface area contributed by atoms with Gasteiger partial charge >= 0.3 is 0 Å². The van der Waals surface area contributed by atoms with Gasteiger partial charge in [0.2, 0.25) is 0 Å². The molecule has 1 aliphatic rings. The third kappa shape index (κ3) is 1.84. The van der Waals surface area contributed by atoms with Gasteiger partial charge in [0.1, 0.15) is 0 Å². The van der Waals surface area contributed by atoms with Crippen LogP contribution in [0.3, 0.4) is 0 Å². The molecule has 0 amide bonds. The fourth-order valence-corrected chi connectivity index (χ4v) is 2.77. The minimum atomic E-state index is 0.588. The van der Waals surface area contributed by atoms with Crippen LogP contribution >= 0.6 is 0 Å². The number of rotatable bonds is 1. The lowest BCUT2D eigenvalue weighted by Crippen LogP contribution is -2.34. The van der Waals surface area contributed by atoms with Crippen LogP contribution in [0, 0.1) is 23.2 Å². The van der Waals surface area contributed by atoms with E-state index in [0.717, 1.165) is 17.8 Å². The van der Waals surface area contributed by atoms with Gasteiger partial charge in [0.15, 0.2) is 0 Å². The van der Waals surface area contributed by atoms with E-state index in [2.05, 4.69) is 34.6 Å². The van der Waals surface area contributed by atoms with Crippen molar-refractivity contribution >= 4 is 0 Å². The third-order valence-electron chi connectivity index (χ3n) is 4.17. The van der Waals surface area contributed by atoms with Gasteiger partial charge in [-0.3, -0.25) is 0 Å². The quantitative estimate of drug-likeness (QED) is 0.553. The molecular formula is C12H24. The second-order valence-electron chi connectivity index (χ2n) is 5.48. The first-order valence-corrected chi connectivity index (χ1v) is 5.47. The summed E-state index contributed by atoms with van der Waals surface area (Å²) in [6, 6.07) is 0. The SMILES string of the molecule is CCC1CC(C)C(C)(C)CC1C. The molecule has 0 saturated heterocycles. The first-order valence-electron chi connectivity index (χ1n) is 5.47. The maximum atomic E-state index is 2.43. The van der Waals surface area contributed by atoms with Crippen molar-refractivity contribution in [3.63, 3.8) is 0 Å². The highest BCUT2D eigenvalue weighted by atomic mass is 14.4. The topological polar surface area (TPSA) is 0 Å². The Kier molecular flexibility index (Phi) is 2.85. The van der Waals surface area contributed by atoms with Gasteiger partial charge in [-0.05, 0) is 36.0 Å². The molecule has 0 aliphatic heterocycles. The van der Waals surface area contributed by atoms with Crippen LogP contribution in [0.25, 0.3) is 0 Å². The Labute approximate surface area is 77.7 Å². The van der Waals surface area contributed by atoms with E-state index < -0.39 is 0 Å². The Hall–Kier alpha value is 0. The van der Waals surface area contributed by atoms with Crippen molar-refractivity contribution in [2.24, 2.45) is 23.2 Å². The van der Waals surface area contributed by atoms with Gasteiger partial charge in [0, 0.05) is 0 Å². The molecule has 0 radical (unpaired) electrons. The summed E-state index contributed by atoms with van der Waals surface area (Å²) in [6.45, 7) is 12.1. The summed E-state index contributed by atoms with van der Waals surface area (Å²) in [5.74, 6) is 2.85. The molecule has 0 aromatic carbocycles. The van der Waals surface area contributed by atoms with Crippen LogP contribution in [-0.2, 0) is 0 Å². The van der Waals surface area contributed by atoms with Crippen LogP contribution < -0.4 is 0 Å². The van der Waals surface area contributed by atoms with E-state index in [4.69, 9.17) is 0 Å². The second kappa shape index (κ2) is 3.40. The first-order chi connectivity index (χ1) is 5.47. The first kappa shape index (κ1) is 10.1. The van der Waals surface area contributed by atoms with E-state index in [1.54, 1.807) is 0 Å². The summed E-state index contributed by atoms with van der Waals surface area (Å²) in [6.07, 6.45) is 4.25. The lowest BCUT2D eigenvalue weighted by atomic mass is 9.62. The van der Waals surface area contributed by atoms with Crippen LogP contribution in [-0.4, -0.2) is 0 Å². The predicted octanol–water partition coefficient (Wildman–Crippen LogP) is 4.10. The van der Waals surface area contributed by atoms with Crippen molar-refractivity contribution in [2.75, 3.05) is 0 Å². The Balaban J connectivity index is 2.62. The molecular weight excluding hydrogens is 144 g/mol.